The molecule has 0 spiro atoms. The fourth-order valence-corrected chi connectivity index (χ4v) is 1.30. The Bertz CT molecular complexity index is 414. The molecule has 0 saturated heterocycles. The van der Waals surface area contributed by atoms with Crippen molar-refractivity contribution in [3.05, 3.63) is 24.0 Å². The second kappa shape index (κ2) is 8.96. The molecule has 0 aliphatic carbocycles. The molecule has 19 heavy (non-hydrogen) atoms. The zero-order valence-corrected chi connectivity index (χ0v) is 12.7. The minimum atomic E-state index is -0.634. The molecule has 0 aromatic heterocycles. The van der Waals surface area contributed by atoms with E-state index in [1.165, 1.54) is 12.1 Å². The lowest BCUT2D eigenvalue weighted by molar-refractivity contribution is -0.117. The molecular weight excluding hydrogens is 292 g/mol. The summed E-state index contributed by atoms with van der Waals surface area (Å²) >= 11 is 0. The molecule has 0 aliphatic rings. The van der Waals surface area contributed by atoms with Crippen LogP contribution in [0.5, 0.6) is 0 Å². The van der Waals surface area contributed by atoms with Gasteiger partial charge in [0.15, 0.2) is 0 Å². The molecule has 0 aliphatic heterocycles. The molecule has 4 nitrogen and oxygen atoms in total. The highest BCUT2D eigenvalue weighted by atomic mass is 35.5. The van der Waals surface area contributed by atoms with Crippen LogP contribution in [-0.2, 0) is 4.79 Å². The maximum absolute atomic E-state index is 13.1. The van der Waals surface area contributed by atoms with Crippen LogP contribution in [0.3, 0.4) is 0 Å². The Morgan fingerprint density at radius 2 is 1.79 bits per heavy atom. The summed E-state index contributed by atoms with van der Waals surface area (Å²) in [6.07, 6.45) is 0. The monoisotopic (exact) mass is 311 g/mol. The molecule has 0 fully saturated rings. The Balaban J connectivity index is 0. The molecule has 0 radical (unpaired) electrons. The van der Waals surface area contributed by atoms with E-state index in [1.54, 1.807) is 13.0 Å². The van der Waals surface area contributed by atoms with Gasteiger partial charge in [0.2, 0.25) is 5.91 Å². The van der Waals surface area contributed by atoms with E-state index >= 15 is 0 Å². The van der Waals surface area contributed by atoms with E-state index in [4.69, 9.17) is 5.73 Å². The van der Waals surface area contributed by atoms with Gasteiger partial charge in [-0.1, -0.05) is 0 Å². The van der Waals surface area contributed by atoms with Gasteiger partial charge in [0.05, 0.1) is 17.4 Å². The number of nitrogens with two attached hydrogens (primary N) is 1. The first-order valence-electron chi connectivity index (χ1n) is 5.52. The number of anilines is 2. The quantitative estimate of drug-likeness (QED) is 0.801. The highest BCUT2D eigenvalue weighted by Gasteiger charge is 2.11. The van der Waals surface area contributed by atoms with Crippen molar-refractivity contribution in [1.82, 2.24) is 0 Å². The molecule has 0 saturated carbocycles. The van der Waals surface area contributed by atoms with Crippen LogP contribution in [0.2, 0.25) is 0 Å². The van der Waals surface area contributed by atoms with E-state index in [-0.39, 0.29) is 36.8 Å². The Kier molecular flexibility index (Phi) is 9.56. The van der Waals surface area contributed by atoms with Crippen LogP contribution in [0.4, 0.5) is 15.8 Å². The number of carbonyl (C=O) groups excluding carboxylic acids is 1. The number of benzene rings is 1. The van der Waals surface area contributed by atoms with Gasteiger partial charge in [0.25, 0.3) is 0 Å². The summed E-state index contributed by atoms with van der Waals surface area (Å²) in [6, 6.07) is 3.75. The fourth-order valence-electron chi connectivity index (χ4n) is 1.30. The molecule has 0 heterocycles. The third kappa shape index (κ3) is 6.61. The van der Waals surface area contributed by atoms with E-state index in [2.05, 4.69) is 10.6 Å². The molecule has 1 rings (SSSR count). The summed E-state index contributed by atoms with van der Waals surface area (Å²) < 4.78 is 13.1. The van der Waals surface area contributed by atoms with Gasteiger partial charge in [-0.15, -0.1) is 24.8 Å². The Morgan fingerprint density at radius 1 is 1.21 bits per heavy atom. The van der Waals surface area contributed by atoms with Gasteiger partial charge in [0.1, 0.15) is 5.82 Å². The first kappa shape index (κ1) is 20.3. The van der Waals surface area contributed by atoms with Crippen molar-refractivity contribution in [1.29, 1.82) is 0 Å². The number of rotatable bonds is 4. The molecule has 110 valence electrons. The van der Waals surface area contributed by atoms with E-state index in [1.807, 2.05) is 13.8 Å². The molecule has 1 unspecified atom stereocenters. The average Bonchev–Trinajstić information content (AvgIpc) is 2.21. The fraction of sp³-hybridized carbons (Fsp3) is 0.417. The second-order valence-corrected chi connectivity index (χ2v) is 4.27. The number of hydrogen-bond donors (Lipinski definition) is 3. The molecular formula is C12H20Cl2FN3O. The topological polar surface area (TPSA) is 67.1 Å². The minimum absolute atomic E-state index is 0. The van der Waals surface area contributed by atoms with Gasteiger partial charge >= 0.3 is 0 Å². The van der Waals surface area contributed by atoms with Crippen molar-refractivity contribution in [2.75, 3.05) is 10.6 Å². The van der Waals surface area contributed by atoms with Crippen LogP contribution < -0.4 is 16.4 Å². The Hall–Kier alpha value is -1.04. The predicted octanol–water partition coefficient (Wildman–Crippen LogP) is 2.78. The summed E-state index contributed by atoms with van der Waals surface area (Å²) in [7, 11) is 0. The number of halogens is 3. The predicted molar refractivity (Wildman–Crippen MR) is 81.9 cm³/mol. The molecule has 1 atom stereocenters. The van der Waals surface area contributed by atoms with Crippen molar-refractivity contribution in [3.8, 4) is 0 Å². The average molecular weight is 312 g/mol. The van der Waals surface area contributed by atoms with Gasteiger partial charge in [0, 0.05) is 6.04 Å². The zero-order chi connectivity index (χ0) is 13.0. The molecule has 1 aromatic rings. The van der Waals surface area contributed by atoms with Gasteiger partial charge in [-0.2, -0.15) is 0 Å². The zero-order valence-electron chi connectivity index (χ0n) is 11.1. The highest BCUT2D eigenvalue weighted by molar-refractivity contribution is 5.97. The number of carbonyl (C=O) groups is 1. The first-order valence-corrected chi connectivity index (χ1v) is 5.52. The minimum Gasteiger partial charge on any atom is -0.381 e. The van der Waals surface area contributed by atoms with Gasteiger partial charge < -0.3 is 16.4 Å². The first-order chi connectivity index (χ1) is 7.90. The molecule has 7 heteroatoms. The normalized spacial score (nSPS) is 11.1. The molecule has 4 N–H and O–H groups in total. The second-order valence-electron chi connectivity index (χ2n) is 4.27. The van der Waals surface area contributed by atoms with Crippen LogP contribution in [0.1, 0.15) is 20.8 Å². The Morgan fingerprint density at radius 3 is 2.26 bits per heavy atom. The standard InChI is InChI=1S/C12H18FN3O.2ClH/c1-7(2)15-10-5-4-9(13)6-11(10)16-12(17)8(3)14;;/h4-8,15H,14H2,1-3H3,(H,16,17);2*1H. The van der Waals surface area contributed by atoms with Crippen molar-refractivity contribution in [2.45, 2.75) is 32.9 Å². The third-order valence-corrected chi connectivity index (χ3v) is 2.10. The lowest BCUT2D eigenvalue weighted by atomic mass is 10.2. The number of hydrogen-bond acceptors (Lipinski definition) is 3. The van der Waals surface area contributed by atoms with Crippen molar-refractivity contribution < 1.29 is 9.18 Å². The van der Waals surface area contributed by atoms with E-state index in [9.17, 15) is 9.18 Å². The van der Waals surface area contributed by atoms with E-state index in [0.717, 1.165) is 0 Å². The van der Waals surface area contributed by atoms with Crippen molar-refractivity contribution in [3.63, 3.8) is 0 Å². The Labute approximate surface area is 125 Å². The highest BCUT2D eigenvalue weighted by Crippen LogP contribution is 2.23. The summed E-state index contributed by atoms with van der Waals surface area (Å²) in [5.74, 6) is -0.748. The van der Waals surface area contributed by atoms with Crippen LogP contribution >= 0.6 is 24.8 Å². The van der Waals surface area contributed by atoms with Gasteiger partial charge in [-0.3, -0.25) is 4.79 Å². The number of nitrogens with one attached hydrogen (secondary N) is 2. The van der Waals surface area contributed by atoms with Crippen molar-refractivity contribution >= 4 is 42.1 Å². The number of amides is 1. The maximum Gasteiger partial charge on any atom is 0.241 e. The molecule has 1 aromatic carbocycles. The summed E-state index contributed by atoms with van der Waals surface area (Å²) in [5, 5.41) is 5.71. The summed E-state index contributed by atoms with van der Waals surface area (Å²) in [4.78, 5) is 11.5. The van der Waals surface area contributed by atoms with Crippen LogP contribution in [0, 0.1) is 5.82 Å². The summed E-state index contributed by atoms with van der Waals surface area (Å²) in [5.41, 5.74) is 6.53. The van der Waals surface area contributed by atoms with E-state index < -0.39 is 11.9 Å². The maximum atomic E-state index is 13.1. The third-order valence-electron chi connectivity index (χ3n) is 2.10. The van der Waals surface area contributed by atoms with Crippen LogP contribution in [0.15, 0.2) is 18.2 Å². The SMILES string of the molecule is CC(C)Nc1ccc(F)cc1NC(=O)C(C)N.Cl.Cl. The van der Waals surface area contributed by atoms with Crippen molar-refractivity contribution in [2.24, 2.45) is 5.73 Å². The summed E-state index contributed by atoms with van der Waals surface area (Å²) in [6.45, 7) is 5.49. The lowest BCUT2D eigenvalue weighted by Crippen LogP contribution is -2.32. The van der Waals surface area contributed by atoms with Crippen LogP contribution in [0.25, 0.3) is 0 Å². The smallest absolute Gasteiger partial charge is 0.241 e. The van der Waals surface area contributed by atoms with Crippen LogP contribution in [-0.4, -0.2) is 18.0 Å². The lowest BCUT2D eigenvalue weighted by Gasteiger charge is -2.16. The van der Waals surface area contributed by atoms with Gasteiger partial charge in [-0.25, -0.2) is 4.39 Å². The largest absolute Gasteiger partial charge is 0.381 e. The molecule has 0 bridgehead atoms. The molecule has 1 amide bonds. The van der Waals surface area contributed by atoms with E-state index in [0.29, 0.717) is 11.4 Å². The van der Waals surface area contributed by atoms with Gasteiger partial charge in [-0.05, 0) is 39.0 Å².